The number of carbonyl (C=O) groups is 2. The van der Waals surface area contributed by atoms with E-state index in [-0.39, 0.29) is 125 Å². The summed E-state index contributed by atoms with van der Waals surface area (Å²) >= 11 is 25.5. The Kier molecular flexibility index (Phi) is 23.4. The minimum absolute atomic E-state index is 0.00877. The van der Waals surface area contributed by atoms with Gasteiger partial charge in [0, 0.05) is 66.1 Å². The fraction of sp³-hybridized carbons (Fsp3) is 0.447. The van der Waals surface area contributed by atoms with Gasteiger partial charge in [0.25, 0.3) is 0 Å². The molecule has 0 saturated carbocycles. The molecule has 0 aromatic heterocycles. The highest BCUT2D eigenvalue weighted by Crippen LogP contribution is 2.36. The molecule has 22 heteroatoms. The summed E-state index contributed by atoms with van der Waals surface area (Å²) in [4.78, 5) is 24.6. The van der Waals surface area contributed by atoms with Crippen LogP contribution in [0.3, 0.4) is 0 Å². The van der Waals surface area contributed by atoms with Crippen molar-refractivity contribution in [3.05, 3.63) is 126 Å². The highest BCUT2D eigenvalue weighted by atomic mass is 35.5. The van der Waals surface area contributed by atoms with E-state index < -0.39 is 20.0 Å². The Morgan fingerprint density at radius 2 is 1.14 bits per heavy atom. The fourth-order valence-electron chi connectivity index (χ4n) is 7.65. The molecule has 69 heavy (non-hydrogen) atoms. The molecule has 0 radical (unpaired) electrons. The normalized spacial score (nSPS) is 14.3. The van der Waals surface area contributed by atoms with Gasteiger partial charge in [-0.3, -0.25) is 9.59 Å². The number of ether oxygens (including phenoxy) is 4. The summed E-state index contributed by atoms with van der Waals surface area (Å²) in [5, 5.41) is 11.9. The third kappa shape index (κ3) is 18.0. The van der Waals surface area contributed by atoms with Crippen LogP contribution in [-0.2, 0) is 61.7 Å². The number of fused-ring (bicyclic) bond motifs is 1. The van der Waals surface area contributed by atoms with Crippen molar-refractivity contribution >= 4 is 78.3 Å². The van der Waals surface area contributed by atoms with E-state index in [9.17, 15) is 26.4 Å². The molecule has 1 heterocycles. The van der Waals surface area contributed by atoms with Crippen molar-refractivity contribution in [1.29, 1.82) is 0 Å². The average Bonchev–Trinajstić information content (AvgIpc) is 3.32. The molecule has 1 aliphatic heterocycles. The first-order chi connectivity index (χ1) is 33.1. The molecule has 16 nitrogen and oxygen atoms in total. The van der Waals surface area contributed by atoms with Gasteiger partial charge in [-0.1, -0.05) is 77.6 Å². The van der Waals surface area contributed by atoms with E-state index in [4.69, 9.17) is 65.4 Å². The Labute approximate surface area is 425 Å². The van der Waals surface area contributed by atoms with Crippen LogP contribution in [0.5, 0.6) is 0 Å². The summed E-state index contributed by atoms with van der Waals surface area (Å²) < 4.78 is 78.4. The molecular weight excluding hydrogens is 1010 g/mol. The molecule has 0 bridgehead atoms. The van der Waals surface area contributed by atoms with Gasteiger partial charge in [0.1, 0.15) is 13.1 Å². The zero-order valence-corrected chi connectivity index (χ0v) is 43.3. The van der Waals surface area contributed by atoms with Crippen LogP contribution in [0.15, 0.2) is 82.6 Å². The highest BCUT2D eigenvalue weighted by Gasteiger charge is 2.27. The summed E-state index contributed by atoms with van der Waals surface area (Å²) in [5.41, 5.74) is 5.98. The largest absolute Gasteiger partial charge is 0.378 e. The molecule has 5 rings (SSSR count). The molecule has 4 aromatic rings. The summed E-state index contributed by atoms with van der Waals surface area (Å²) in [6, 6.07) is 20.8. The maximum atomic E-state index is 12.9. The molecule has 8 N–H and O–H groups in total. The number of benzene rings is 4. The Bertz CT molecular complexity index is 2530. The third-order valence-corrected chi connectivity index (χ3v) is 15.3. The maximum absolute atomic E-state index is 12.9. The lowest BCUT2D eigenvalue weighted by atomic mass is 9.85. The molecule has 2 amide bonds. The minimum Gasteiger partial charge on any atom is -0.378 e. The van der Waals surface area contributed by atoms with Gasteiger partial charge in [-0.05, 0) is 70.8 Å². The van der Waals surface area contributed by atoms with E-state index in [1.807, 2.05) is 43.6 Å². The van der Waals surface area contributed by atoms with E-state index in [1.165, 1.54) is 0 Å². The quantitative estimate of drug-likeness (QED) is 0.0416. The lowest BCUT2D eigenvalue weighted by Gasteiger charge is -2.25. The van der Waals surface area contributed by atoms with Crippen molar-refractivity contribution in [2.75, 3.05) is 92.6 Å². The molecule has 0 unspecified atom stereocenters. The van der Waals surface area contributed by atoms with Crippen molar-refractivity contribution in [3.63, 3.8) is 0 Å². The Hall–Kier alpha value is -3.44. The van der Waals surface area contributed by atoms with Crippen LogP contribution in [0, 0.1) is 0 Å². The number of sulfonamides is 2. The molecule has 378 valence electrons. The lowest BCUT2D eigenvalue weighted by Crippen LogP contribution is -2.85. The Morgan fingerprint density at radius 1 is 0.667 bits per heavy atom. The van der Waals surface area contributed by atoms with Crippen LogP contribution in [0.25, 0.3) is 0 Å². The number of halogens is 4. The summed E-state index contributed by atoms with van der Waals surface area (Å²) in [5.74, 6) is -0.608. The van der Waals surface area contributed by atoms with Crippen LogP contribution in [0.2, 0.25) is 20.1 Å². The lowest BCUT2D eigenvalue weighted by molar-refractivity contribution is -0.675. The minimum atomic E-state index is -3.75. The smallest absolute Gasteiger partial charge is 0.240 e. The number of hydrogen-bond acceptors (Lipinski definition) is 10. The number of amides is 2. The van der Waals surface area contributed by atoms with Crippen molar-refractivity contribution in [1.82, 2.24) is 20.1 Å². The molecule has 0 saturated heterocycles. The fourth-order valence-corrected chi connectivity index (χ4v) is 10.8. The first-order valence-electron chi connectivity index (χ1n) is 22.7. The van der Waals surface area contributed by atoms with E-state index in [0.29, 0.717) is 26.6 Å². The van der Waals surface area contributed by atoms with Crippen LogP contribution in [0.1, 0.15) is 65.0 Å². The van der Waals surface area contributed by atoms with E-state index >= 15 is 0 Å². The second-order valence-electron chi connectivity index (χ2n) is 16.1. The number of nitrogens with one attached hydrogen (secondary N) is 4. The van der Waals surface area contributed by atoms with Crippen molar-refractivity contribution in [2.24, 2.45) is 0 Å². The zero-order chi connectivity index (χ0) is 49.8. The van der Waals surface area contributed by atoms with Gasteiger partial charge in [0.05, 0.1) is 92.2 Å². The predicted molar refractivity (Wildman–Crippen MR) is 266 cm³/mol. The van der Waals surface area contributed by atoms with Crippen molar-refractivity contribution < 1.29 is 56.0 Å². The Morgan fingerprint density at radius 3 is 1.67 bits per heavy atom. The Balaban J connectivity index is 0.819. The average molecular weight is 1080 g/mol. The van der Waals surface area contributed by atoms with Crippen LogP contribution in [0.4, 0.5) is 0 Å². The molecule has 2 atom stereocenters. The number of nitrogens with two attached hydrogens (primary N) is 2. The van der Waals surface area contributed by atoms with Gasteiger partial charge in [-0.2, -0.15) is 0 Å². The third-order valence-electron chi connectivity index (χ3n) is 11.2. The summed E-state index contributed by atoms with van der Waals surface area (Å²) in [6.45, 7) is 6.66. The molecule has 1 aliphatic rings. The maximum Gasteiger partial charge on any atom is 0.240 e. The first-order valence-corrected chi connectivity index (χ1v) is 27.2. The number of rotatable bonds is 30. The van der Waals surface area contributed by atoms with Gasteiger partial charge in [0.15, 0.2) is 0 Å². The number of hydrogen-bond donors (Lipinski definition) is 6. The van der Waals surface area contributed by atoms with E-state index in [2.05, 4.69) is 25.4 Å². The predicted octanol–water partition coefficient (Wildman–Crippen LogP) is 3.69. The summed E-state index contributed by atoms with van der Waals surface area (Å²) in [6.07, 6.45) is 0.0177. The number of carbonyl (C=O) groups excluding carboxylic acids is 2. The van der Waals surface area contributed by atoms with Gasteiger partial charge < -0.3 is 40.2 Å². The summed E-state index contributed by atoms with van der Waals surface area (Å²) in [7, 11) is -5.53. The highest BCUT2D eigenvalue weighted by molar-refractivity contribution is 7.89. The topological polar surface area (TPSA) is 221 Å². The molecular formula is C47H62Cl4N6O10S2+2. The van der Waals surface area contributed by atoms with Gasteiger partial charge >= 0.3 is 0 Å². The monoisotopic (exact) mass is 1070 g/mol. The van der Waals surface area contributed by atoms with Crippen molar-refractivity contribution in [2.45, 2.75) is 54.5 Å². The second-order valence-corrected chi connectivity index (χ2v) is 21.3. The molecule has 0 fully saturated rings. The molecule has 4 aromatic carbocycles. The van der Waals surface area contributed by atoms with Gasteiger partial charge in [-0.15, -0.1) is 0 Å². The van der Waals surface area contributed by atoms with Crippen molar-refractivity contribution in [3.8, 4) is 0 Å². The van der Waals surface area contributed by atoms with E-state index in [0.717, 1.165) is 46.5 Å². The standard InChI is InChI=1S/C47H60Cl4N6O10S2/c1-32(39-25-35(48)27-44(50)42(39)29-52-2)33-3-7-37(8-4-33)68(60,61)56-15-19-66-23-21-64-17-13-54-46(58)11-12-47(59)55-14-18-65-22-24-67-20-16-57-69(62,63)38-9-5-34(6-10-38)41-30-53-31-43-40(41)26-36(49)28-45(43)51/h3-10,25-28,32,41,52-53,56-57H,11-24,29-31H2,1-2H3,(H,54,58)(H,55,59)/p+2/t32-,41-/m0/s1. The van der Waals surface area contributed by atoms with Crippen LogP contribution >= 0.6 is 46.4 Å². The van der Waals surface area contributed by atoms with E-state index in [1.54, 1.807) is 48.5 Å². The SMILES string of the molecule is C[NH2+]Cc1c(Cl)cc(Cl)cc1[C@@H](C)c1ccc(S(=O)(=O)NCCOCCOCCNC(=O)CCC(=O)NCCOCCOCCNS(=O)(=O)c2ccc([C@@H]3C[NH2+]Cc4c(Cl)cc(Cl)cc43)cc2)cc1. The molecule has 0 aliphatic carbocycles. The van der Waals surface area contributed by atoms with Crippen LogP contribution in [-0.4, -0.2) is 121 Å². The van der Waals surface area contributed by atoms with Gasteiger partial charge in [0.2, 0.25) is 31.9 Å². The number of quaternary nitrogens is 2. The zero-order valence-electron chi connectivity index (χ0n) is 38.7. The van der Waals surface area contributed by atoms with Gasteiger partial charge in [-0.25, -0.2) is 26.3 Å². The molecule has 0 spiro atoms. The first kappa shape index (κ1) is 56.5. The second kappa shape index (κ2) is 28.6. The van der Waals surface area contributed by atoms with Crippen LogP contribution < -0.4 is 30.7 Å².